The number of hydrogen-bond donors (Lipinski definition) is 2. The van der Waals surface area contributed by atoms with Gasteiger partial charge >= 0.3 is 0 Å². The number of aryl methyl sites for hydroxylation is 1. The van der Waals surface area contributed by atoms with Crippen molar-refractivity contribution in [3.8, 4) is 0 Å². The van der Waals surface area contributed by atoms with Crippen molar-refractivity contribution in [3.05, 3.63) is 30.0 Å². The van der Waals surface area contributed by atoms with E-state index in [0.717, 1.165) is 67.7 Å². The Bertz CT molecular complexity index is 1000. The van der Waals surface area contributed by atoms with E-state index in [1.54, 1.807) is 0 Å². The molecule has 5 aliphatic rings. The van der Waals surface area contributed by atoms with Crippen molar-refractivity contribution in [2.24, 2.45) is 23.7 Å². The van der Waals surface area contributed by atoms with Gasteiger partial charge in [0.15, 0.2) is 0 Å². The second-order valence-electron chi connectivity index (χ2n) is 10.6. The minimum absolute atomic E-state index is 0.0677. The minimum atomic E-state index is -0.443. The molecule has 4 aliphatic carbocycles. The van der Waals surface area contributed by atoms with Crippen LogP contribution < -0.4 is 10.2 Å². The molecule has 2 heterocycles. The number of carbonyl (C=O) groups excluding carboxylic acids is 1. The average Bonchev–Trinajstić information content (AvgIpc) is 2.75. The van der Waals surface area contributed by atoms with Gasteiger partial charge in [-0.05, 0) is 75.7 Å². The Morgan fingerprint density at radius 3 is 2.52 bits per heavy atom. The van der Waals surface area contributed by atoms with Gasteiger partial charge in [0.05, 0.1) is 16.8 Å². The summed E-state index contributed by atoms with van der Waals surface area (Å²) in [5, 5.41) is 15.3. The fraction of sp³-hybridized carbons (Fsp3) is 0.640. The van der Waals surface area contributed by atoms with Crippen LogP contribution in [0.5, 0.6) is 0 Å². The van der Waals surface area contributed by atoms with Crippen molar-refractivity contribution in [1.29, 1.82) is 0 Å². The van der Waals surface area contributed by atoms with Crippen molar-refractivity contribution in [2.45, 2.75) is 63.5 Å². The molecule has 4 saturated carbocycles. The summed E-state index contributed by atoms with van der Waals surface area (Å²) in [4.78, 5) is 24.8. The van der Waals surface area contributed by atoms with Gasteiger partial charge in [-0.15, -0.1) is 0 Å². The molecule has 1 aromatic heterocycles. The maximum Gasteiger partial charge on any atom is 0.226 e. The van der Waals surface area contributed by atoms with Crippen molar-refractivity contribution in [1.82, 2.24) is 15.3 Å². The highest BCUT2D eigenvalue weighted by Crippen LogP contribution is 2.55. The lowest BCUT2D eigenvalue weighted by molar-refractivity contribution is -0.148. The Labute approximate surface area is 183 Å². The summed E-state index contributed by atoms with van der Waals surface area (Å²) in [5.41, 5.74) is 1.54. The van der Waals surface area contributed by atoms with E-state index >= 15 is 0 Å². The number of nitrogens with zero attached hydrogens (tertiary/aromatic N) is 3. The molecule has 1 amide bonds. The molecule has 1 aliphatic heterocycles. The van der Waals surface area contributed by atoms with Gasteiger partial charge in [-0.25, -0.2) is 9.97 Å². The van der Waals surface area contributed by atoms with E-state index in [4.69, 9.17) is 9.97 Å². The Morgan fingerprint density at radius 1 is 1.10 bits per heavy atom. The van der Waals surface area contributed by atoms with Gasteiger partial charge in [-0.3, -0.25) is 4.79 Å². The summed E-state index contributed by atoms with van der Waals surface area (Å²) in [6, 6.07) is 8.40. The quantitative estimate of drug-likeness (QED) is 0.797. The molecule has 164 valence electrons. The third-order valence-corrected chi connectivity index (χ3v) is 8.48. The highest BCUT2D eigenvalue weighted by Gasteiger charge is 2.55. The molecular formula is C25H32N4O2. The van der Waals surface area contributed by atoms with Gasteiger partial charge in [0.1, 0.15) is 0 Å². The zero-order chi connectivity index (χ0) is 21.2. The van der Waals surface area contributed by atoms with Crippen LogP contribution in [-0.4, -0.2) is 45.7 Å². The van der Waals surface area contributed by atoms with Crippen LogP contribution in [0.4, 0.5) is 5.95 Å². The van der Waals surface area contributed by atoms with E-state index in [1.165, 1.54) is 12.8 Å². The first-order valence-electron chi connectivity index (χ1n) is 12.0. The van der Waals surface area contributed by atoms with Crippen molar-refractivity contribution >= 4 is 22.8 Å². The van der Waals surface area contributed by atoms with Gasteiger partial charge in [0.25, 0.3) is 0 Å². The van der Waals surface area contributed by atoms with Crippen LogP contribution in [-0.2, 0) is 4.79 Å². The van der Waals surface area contributed by atoms with Crippen LogP contribution in [0.25, 0.3) is 10.9 Å². The van der Waals surface area contributed by atoms with Gasteiger partial charge in [0.2, 0.25) is 11.9 Å². The predicted molar refractivity (Wildman–Crippen MR) is 120 cm³/mol. The van der Waals surface area contributed by atoms with Crippen molar-refractivity contribution in [3.63, 3.8) is 0 Å². The second kappa shape index (κ2) is 7.16. The molecular weight excluding hydrogens is 388 g/mol. The molecule has 6 heteroatoms. The lowest BCUT2D eigenvalue weighted by Crippen LogP contribution is -2.62. The van der Waals surface area contributed by atoms with Crippen LogP contribution in [0.15, 0.2) is 24.3 Å². The molecule has 31 heavy (non-hydrogen) atoms. The first-order valence-corrected chi connectivity index (χ1v) is 12.0. The second-order valence-corrected chi connectivity index (χ2v) is 10.6. The number of amides is 1. The standard InChI is InChI=1S/C25H32N4O2/c1-15-20-4-2-3-5-21(20)27-24(26-15)29-8-6-17(7-9-29)23(30)28-22-18-10-16-11-19(22)14-25(31,12-16)13-18/h2-5,16-19,22,31H,6-14H2,1H3,(H,28,30). The molecule has 1 saturated heterocycles. The molecule has 5 fully saturated rings. The minimum Gasteiger partial charge on any atom is -0.390 e. The maximum atomic E-state index is 13.1. The topological polar surface area (TPSA) is 78.4 Å². The molecule has 0 spiro atoms. The van der Waals surface area contributed by atoms with Crippen LogP contribution in [0.2, 0.25) is 0 Å². The van der Waals surface area contributed by atoms with E-state index in [0.29, 0.717) is 17.8 Å². The van der Waals surface area contributed by atoms with Crippen molar-refractivity contribution in [2.75, 3.05) is 18.0 Å². The van der Waals surface area contributed by atoms with E-state index < -0.39 is 5.60 Å². The molecule has 2 atom stereocenters. The largest absolute Gasteiger partial charge is 0.390 e. The van der Waals surface area contributed by atoms with E-state index in [2.05, 4.69) is 16.3 Å². The third-order valence-electron chi connectivity index (χ3n) is 8.48. The molecule has 1 aromatic carbocycles. The Balaban J connectivity index is 1.10. The molecule has 0 radical (unpaired) electrons. The first-order chi connectivity index (χ1) is 15.0. The number of anilines is 1. The Morgan fingerprint density at radius 2 is 1.81 bits per heavy atom. The summed E-state index contributed by atoms with van der Waals surface area (Å²) >= 11 is 0. The number of aliphatic hydroxyl groups is 1. The zero-order valence-electron chi connectivity index (χ0n) is 18.3. The first kappa shape index (κ1) is 19.5. The summed E-state index contributed by atoms with van der Waals surface area (Å²) < 4.78 is 0. The Hall–Kier alpha value is -2.21. The predicted octanol–water partition coefficient (Wildman–Crippen LogP) is 3.21. The van der Waals surface area contributed by atoms with Crippen molar-refractivity contribution < 1.29 is 9.90 Å². The molecule has 2 N–H and O–H groups in total. The lowest BCUT2D eigenvalue weighted by Gasteiger charge is -2.58. The summed E-state index contributed by atoms with van der Waals surface area (Å²) in [7, 11) is 0. The number of para-hydroxylation sites is 1. The van der Waals surface area contributed by atoms with Crippen LogP contribution in [0, 0.1) is 30.6 Å². The van der Waals surface area contributed by atoms with Crippen LogP contribution in [0.3, 0.4) is 0 Å². The number of benzene rings is 1. The SMILES string of the molecule is Cc1nc(N2CCC(C(=O)NC3C4CC5CC3CC(O)(C5)C4)CC2)nc2ccccc12. The van der Waals surface area contributed by atoms with Gasteiger partial charge < -0.3 is 15.3 Å². The lowest BCUT2D eigenvalue weighted by atomic mass is 9.52. The smallest absolute Gasteiger partial charge is 0.226 e. The van der Waals surface area contributed by atoms with Crippen LogP contribution >= 0.6 is 0 Å². The molecule has 6 nitrogen and oxygen atoms in total. The van der Waals surface area contributed by atoms with Gasteiger partial charge in [-0.1, -0.05) is 18.2 Å². The molecule has 4 bridgehead atoms. The normalized spacial score (nSPS) is 35.0. The number of piperidine rings is 1. The van der Waals surface area contributed by atoms with Crippen LogP contribution in [0.1, 0.15) is 50.6 Å². The number of hydrogen-bond acceptors (Lipinski definition) is 5. The summed E-state index contributed by atoms with van der Waals surface area (Å²) in [6.45, 7) is 3.67. The van der Waals surface area contributed by atoms with E-state index in [-0.39, 0.29) is 17.9 Å². The number of carbonyl (C=O) groups is 1. The third kappa shape index (κ3) is 3.39. The fourth-order valence-electron chi connectivity index (χ4n) is 7.20. The highest BCUT2D eigenvalue weighted by molar-refractivity contribution is 5.82. The average molecular weight is 421 g/mol. The van der Waals surface area contributed by atoms with E-state index in [9.17, 15) is 9.90 Å². The summed E-state index contributed by atoms with van der Waals surface area (Å²) in [6.07, 6.45) is 6.78. The zero-order valence-corrected chi connectivity index (χ0v) is 18.3. The summed E-state index contributed by atoms with van der Waals surface area (Å²) in [5.74, 6) is 2.68. The van der Waals surface area contributed by atoms with Gasteiger partial charge in [0, 0.05) is 30.4 Å². The monoisotopic (exact) mass is 420 g/mol. The number of rotatable bonds is 3. The number of fused-ring (bicyclic) bond motifs is 1. The highest BCUT2D eigenvalue weighted by atomic mass is 16.3. The number of aromatic nitrogens is 2. The molecule has 2 unspecified atom stereocenters. The fourth-order valence-corrected chi connectivity index (χ4v) is 7.20. The molecule has 7 rings (SSSR count). The molecule has 2 aromatic rings. The van der Waals surface area contributed by atoms with E-state index in [1.807, 2.05) is 25.1 Å². The van der Waals surface area contributed by atoms with Gasteiger partial charge in [-0.2, -0.15) is 0 Å². The number of nitrogens with one attached hydrogen (secondary N) is 1. The maximum absolute atomic E-state index is 13.1. The Kier molecular flexibility index (Phi) is 4.50.